The van der Waals surface area contributed by atoms with Crippen LogP contribution in [0.4, 0.5) is 0 Å². The number of aromatic nitrogens is 2. The van der Waals surface area contributed by atoms with Crippen molar-refractivity contribution in [2.45, 2.75) is 31.7 Å². The summed E-state index contributed by atoms with van der Waals surface area (Å²) in [6, 6.07) is 22.1. The summed E-state index contributed by atoms with van der Waals surface area (Å²) in [6.07, 6.45) is 5.17. The first-order valence-corrected chi connectivity index (χ1v) is 10.7. The van der Waals surface area contributed by atoms with Crippen molar-refractivity contribution in [2.24, 2.45) is 5.73 Å². The van der Waals surface area contributed by atoms with Crippen molar-refractivity contribution < 1.29 is 9.53 Å². The van der Waals surface area contributed by atoms with Gasteiger partial charge >= 0.3 is 5.97 Å². The molecule has 0 aliphatic heterocycles. The summed E-state index contributed by atoms with van der Waals surface area (Å²) in [5.41, 5.74) is 12.3. The predicted molar refractivity (Wildman–Crippen MR) is 122 cm³/mol. The van der Waals surface area contributed by atoms with Gasteiger partial charge in [0.2, 0.25) is 0 Å². The molecule has 0 spiro atoms. The molecule has 1 fully saturated rings. The minimum atomic E-state index is -0.366. The van der Waals surface area contributed by atoms with Crippen molar-refractivity contribution in [3.63, 3.8) is 0 Å². The van der Waals surface area contributed by atoms with E-state index in [1.54, 1.807) is 13.0 Å². The van der Waals surface area contributed by atoms with Crippen LogP contribution in [0.1, 0.15) is 42.1 Å². The summed E-state index contributed by atoms with van der Waals surface area (Å²) >= 11 is 0. The van der Waals surface area contributed by atoms with E-state index in [0.717, 1.165) is 35.4 Å². The lowest BCUT2D eigenvalue weighted by Crippen LogP contribution is -2.43. The first-order chi connectivity index (χ1) is 15.1. The number of esters is 1. The molecule has 2 aromatic heterocycles. The second kappa shape index (κ2) is 7.67. The molecule has 1 aliphatic carbocycles. The fourth-order valence-electron chi connectivity index (χ4n) is 4.32. The number of nitrogens with zero attached hydrogens (tertiary/aromatic N) is 2. The normalized spacial score (nSPS) is 14.9. The highest BCUT2D eigenvalue weighted by molar-refractivity contribution is 5.97. The number of fused-ring (bicyclic) bond motifs is 1. The van der Waals surface area contributed by atoms with E-state index in [-0.39, 0.29) is 11.5 Å². The van der Waals surface area contributed by atoms with Crippen molar-refractivity contribution in [2.75, 3.05) is 6.61 Å². The molecule has 4 aromatic rings. The summed E-state index contributed by atoms with van der Waals surface area (Å²) in [7, 11) is 0. The maximum Gasteiger partial charge on any atom is 0.341 e. The number of imidazole rings is 1. The third kappa shape index (κ3) is 3.31. The molecule has 2 N–H and O–H groups in total. The van der Waals surface area contributed by atoms with E-state index in [9.17, 15) is 4.79 Å². The Kier molecular flexibility index (Phi) is 4.83. The van der Waals surface area contributed by atoms with Crippen molar-refractivity contribution in [3.8, 4) is 22.5 Å². The van der Waals surface area contributed by atoms with E-state index < -0.39 is 0 Å². The van der Waals surface area contributed by atoms with Crippen LogP contribution in [-0.4, -0.2) is 22.0 Å². The fraction of sp³-hybridized carbons (Fsp3) is 0.231. The van der Waals surface area contributed by atoms with Gasteiger partial charge in [-0.2, -0.15) is 0 Å². The maximum atomic E-state index is 12.6. The van der Waals surface area contributed by atoms with Gasteiger partial charge in [-0.3, -0.25) is 4.40 Å². The molecular weight excluding hydrogens is 386 g/mol. The van der Waals surface area contributed by atoms with Gasteiger partial charge in [0.25, 0.3) is 0 Å². The van der Waals surface area contributed by atoms with E-state index in [2.05, 4.69) is 36.4 Å². The number of hydrogen-bond donors (Lipinski definition) is 1. The van der Waals surface area contributed by atoms with Crippen LogP contribution in [0.25, 0.3) is 28.2 Å². The van der Waals surface area contributed by atoms with Gasteiger partial charge in [-0.1, -0.05) is 54.6 Å². The quantitative estimate of drug-likeness (QED) is 0.459. The summed E-state index contributed by atoms with van der Waals surface area (Å²) in [5.74, 6) is -0.366. The van der Waals surface area contributed by atoms with Crippen molar-refractivity contribution in [3.05, 3.63) is 84.1 Å². The molecule has 0 bridgehead atoms. The molecule has 1 saturated carbocycles. The predicted octanol–water partition coefficient (Wildman–Crippen LogP) is 5.18. The molecule has 0 atom stereocenters. The van der Waals surface area contributed by atoms with Gasteiger partial charge in [0.15, 0.2) is 5.65 Å². The van der Waals surface area contributed by atoms with Gasteiger partial charge < -0.3 is 10.5 Å². The number of rotatable bonds is 5. The Hall–Kier alpha value is -3.44. The second-order valence-corrected chi connectivity index (χ2v) is 8.10. The first kappa shape index (κ1) is 19.5. The average Bonchev–Trinajstić information content (AvgIpc) is 3.18. The zero-order chi connectivity index (χ0) is 21.4. The van der Waals surface area contributed by atoms with Crippen LogP contribution < -0.4 is 5.73 Å². The monoisotopic (exact) mass is 411 g/mol. The van der Waals surface area contributed by atoms with Gasteiger partial charge in [-0.25, -0.2) is 9.78 Å². The number of ether oxygens (including phenoxy) is 1. The molecular formula is C26H25N3O2. The third-order valence-corrected chi connectivity index (χ3v) is 6.17. The van der Waals surface area contributed by atoms with Crippen LogP contribution in [0.2, 0.25) is 0 Å². The minimum absolute atomic E-state index is 0.198. The summed E-state index contributed by atoms with van der Waals surface area (Å²) in [6.45, 7) is 2.12. The molecule has 1 aliphatic rings. The Labute approximate surface area is 181 Å². The molecule has 0 radical (unpaired) electrons. The molecule has 0 amide bonds. The number of nitrogens with two attached hydrogens (primary N) is 1. The number of pyridine rings is 1. The topological polar surface area (TPSA) is 69.6 Å². The van der Waals surface area contributed by atoms with Crippen LogP contribution in [0, 0.1) is 0 Å². The lowest BCUT2D eigenvalue weighted by atomic mass is 9.72. The molecule has 2 heterocycles. The lowest BCUT2D eigenvalue weighted by Gasteiger charge is -2.38. The van der Waals surface area contributed by atoms with E-state index in [1.807, 2.05) is 34.9 Å². The van der Waals surface area contributed by atoms with Gasteiger partial charge in [-0.15, -0.1) is 0 Å². The van der Waals surface area contributed by atoms with Gasteiger partial charge in [0, 0.05) is 22.9 Å². The van der Waals surface area contributed by atoms with Crippen LogP contribution in [0.3, 0.4) is 0 Å². The fourth-order valence-corrected chi connectivity index (χ4v) is 4.32. The molecule has 156 valence electrons. The van der Waals surface area contributed by atoms with Crippen LogP contribution in [0.15, 0.2) is 72.9 Å². The third-order valence-electron chi connectivity index (χ3n) is 6.17. The zero-order valence-electron chi connectivity index (χ0n) is 17.5. The highest BCUT2D eigenvalue weighted by atomic mass is 16.5. The molecule has 31 heavy (non-hydrogen) atoms. The number of carbonyl (C=O) groups excluding carboxylic acids is 1. The highest BCUT2D eigenvalue weighted by Crippen LogP contribution is 2.40. The standard InChI is InChI=1S/C26H25N3O2/c1-2-31-25(30)21-10-6-17-29-23(19-8-4-3-5-9-19)22(28-24(21)29)18-11-13-20(14-12-18)26(27)15-7-16-26/h3-6,8-14,17H,2,7,15-16,27H2,1H3. The highest BCUT2D eigenvalue weighted by Gasteiger charge is 2.34. The summed E-state index contributed by atoms with van der Waals surface area (Å²) in [5, 5.41) is 0. The Morgan fingerprint density at radius 2 is 1.77 bits per heavy atom. The number of hydrogen-bond acceptors (Lipinski definition) is 4. The van der Waals surface area contributed by atoms with E-state index in [0.29, 0.717) is 17.8 Å². The lowest BCUT2D eigenvalue weighted by molar-refractivity contribution is 0.0528. The van der Waals surface area contributed by atoms with Gasteiger partial charge in [0.05, 0.1) is 18.0 Å². The SMILES string of the molecule is CCOC(=O)c1cccn2c(-c3ccccc3)c(-c3ccc(C4(N)CCC4)cc3)nc12. The van der Waals surface area contributed by atoms with Crippen molar-refractivity contribution in [1.29, 1.82) is 0 Å². The Bertz CT molecular complexity index is 1240. The molecule has 5 heteroatoms. The number of carbonyl (C=O) groups is 1. The van der Waals surface area contributed by atoms with Crippen LogP contribution in [0.5, 0.6) is 0 Å². The van der Waals surface area contributed by atoms with Crippen molar-refractivity contribution in [1.82, 2.24) is 9.38 Å². The van der Waals surface area contributed by atoms with E-state index >= 15 is 0 Å². The second-order valence-electron chi connectivity index (χ2n) is 8.10. The van der Waals surface area contributed by atoms with Gasteiger partial charge in [0.1, 0.15) is 5.56 Å². The van der Waals surface area contributed by atoms with E-state index in [1.165, 1.54) is 12.0 Å². The summed E-state index contributed by atoms with van der Waals surface area (Å²) < 4.78 is 7.24. The van der Waals surface area contributed by atoms with Crippen LogP contribution >= 0.6 is 0 Å². The smallest absolute Gasteiger partial charge is 0.341 e. The number of benzene rings is 2. The maximum absolute atomic E-state index is 12.6. The Balaban J connectivity index is 1.70. The molecule has 5 rings (SSSR count). The summed E-state index contributed by atoms with van der Waals surface area (Å²) in [4.78, 5) is 17.5. The Morgan fingerprint density at radius 1 is 1.03 bits per heavy atom. The first-order valence-electron chi connectivity index (χ1n) is 10.7. The van der Waals surface area contributed by atoms with Gasteiger partial charge in [-0.05, 0) is 43.9 Å². The van der Waals surface area contributed by atoms with Crippen molar-refractivity contribution >= 4 is 11.6 Å². The molecule has 0 saturated heterocycles. The molecule has 0 unspecified atom stereocenters. The largest absolute Gasteiger partial charge is 0.462 e. The Morgan fingerprint density at radius 3 is 2.42 bits per heavy atom. The molecule has 2 aromatic carbocycles. The minimum Gasteiger partial charge on any atom is -0.462 e. The van der Waals surface area contributed by atoms with E-state index in [4.69, 9.17) is 15.5 Å². The molecule has 5 nitrogen and oxygen atoms in total. The average molecular weight is 412 g/mol. The zero-order valence-corrected chi connectivity index (χ0v) is 17.5. The van der Waals surface area contributed by atoms with Crippen LogP contribution in [-0.2, 0) is 10.3 Å².